The molecule has 0 saturated carbocycles. The Bertz CT molecular complexity index is 155. The molecule has 1 atom stereocenters. The average Bonchev–Trinajstić information content (AvgIpc) is 2.18. The molecule has 0 aliphatic heterocycles. The molecule has 3 heteroatoms. The summed E-state index contributed by atoms with van der Waals surface area (Å²) in [7, 11) is 0. The normalized spacial score (nSPS) is 13.1. The molecule has 3 nitrogen and oxygen atoms in total. The van der Waals surface area contributed by atoms with Crippen LogP contribution in [0.2, 0.25) is 0 Å². The fraction of sp³-hybridized carbons (Fsp3) is 0.909. The lowest BCUT2D eigenvalue weighted by atomic mass is 9.88. The smallest absolute Gasteiger partial charge is 0.306 e. The van der Waals surface area contributed by atoms with E-state index < -0.39 is 5.97 Å². The Morgan fingerprint density at radius 2 is 1.93 bits per heavy atom. The van der Waals surface area contributed by atoms with Crippen molar-refractivity contribution in [3.05, 3.63) is 0 Å². The number of rotatable bonds is 8. The van der Waals surface area contributed by atoms with Crippen molar-refractivity contribution >= 4 is 5.97 Å². The van der Waals surface area contributed by atoms with E-state index in [0.29, 0.717) is 12.5 Å². The molecule has 3 N–H and O–H groups in total. The monoisotopic (exact) mass is 201 g/mol. The number of aliphatic carboxylic acids is 1. The molecule has 0 aliphatic carbocycles. The van der Waals surface area contributed by atoms with Crippen LogP contribution < -0.4 is 5.73 Å². The molecule has 0 aromatic carbocycles. The van der Waals surface area contributed by atoms with Crippen molar-refractivity contribution in [2.24, 2.45) is 17.6 Å². The van der Waals surface area contributed by atoms with Gasteiger partial charge in [0.2, 0.25) is 0 Å². The van der Waals surface area contributed by atoms with Gasteiger partial charge >= 0.3 is 5.97 Å². The second kappa shape index (κ2) is 7.80. The van der Waals surface area contributed by atoms with E-state index in [1.807, 2.05) is 0 Å². The van der Waals surface area contributed by atoms with Gasteiger partial charge in [-0.15, -0.1) is 0 Å². The van der Waals surface area contributed by atoms with E-state index in [0.717, 1.165) is 32.1 Å². The van der Waals surface area contributed by atoms with E-state index >= 15 is 0 Å². The zero-order valence-corrected chi connectivity index (χ0v) is 9.33. The molecule has 0 aromatic rings. The minimum atomic E-state index is -0.662. The third-order valence-corrected chi connectivity index (χ3v) is 2.88. The van der Waals surface area contributed by atoms with Gasteiger partial charge in [0.1, 0.15) is 0 Å². The third-order valence-electron chi connectivity index (χ3n) is 2.88. The molecule has 1 unspecified atom stereocenters. The van der Waals surface area contributed by atoms with Crippen LogP contribution >= 0.6 is 0 Å². The van der Waals surface area contributed by atoms with Gasteiger partial charge in [-0.05, 0) is 31.7 Å². The molecular weight excluding hydrogens is 178 g/mol. The zero-order chi connectivity index (χ0) is 11.0. The van der Waals surface area contributed by atoms with Crippen LogP contribution in [0.3, 0.4) is 0 Å². The van der Waals surface area contributed by atoms with E-state index in [-0.39, 0.29) is 5.92 Å². The number of carbonyl (C=O) groups is 1. The summed E-state index contributed by atoms with van der Waals surface area (Å²) >= 11 is 0. The van der Waals surface area contributed by atoms with Crippen molar-refractivity contribution in [2.75, 3.05) is 6.54 Å². The van der Waals surface area contributed by atoms with Crippen molar-refractivity contribution in [2.45, 2.75) is 46.0 Å². The van der Waals surface area contributed by atoms with Crippen molar-refractivity contribution < 1.29 is 9.90 Å². The molecule has 0 rings (SSSR count). The molecule has 0 radical (unpaired) electrons. The first-order valence-corrected chi connectivity index (χ1v) is 5.58. The van der Waals surface area contributed by atoms with Gasteiger partial charge in [-0.2, -0.15) is 0 Å². The summed E-state index contributed by atoms with van der Waals surface area (Å²) in [5.41, 5.74) is 5.38. The molecule has 0 fully saturated rings. The first-order chi connectivity index (χ1) is 6.65. The predicted molar refractivity (Wildman–Crippen MR) is 58.1 cm³/mol. The molecule has 84 valence electrons. The number of hydrogen-bond acceptors (Lipinski definition) is 2. The second-order valence-corrected chi connectivity index (χ2v) is 3.88. The highest BCUT2D eigenvalue weighted by atomic mass is 16.4. The van der Waals surface area contributed by atoms with Crippen LogP contribution in [0.15, 0.2) is 0 Å². The largest absolute Gasteiger partial charge is 0.481 e. The van der Waals surface area contributed by atoms with Crippen LogP contribution in [0.4, 0.5) is 0 Å². The van der Waals surface area contributed by atoms with Gasteiger partial charge < -0.3 is 10.8 Å². The second-order valence-electron chi connectivity index (χ2n) is 3.88. The van der Waals surface area contributed by atoms with Crippen molar-refractivity contribution in [1.29, 1.82) is 0 Å². The number of carboxylic acids is 1. The van der Waals surface area contributed by atoms with Gasteiger partial charge in [0, 0.05) is 0 Å². The Morgan fingerprint density at radius 3 is 2.29 bits per heavy atom. The zero-order valence-electron chi connectivity index (χ0n) is 9.33. The minimum Gasteiger partial charge on any atom is -0.481 e. The van der Waals surface area contributed by atoms with Crippen LogP contribution in [0, 0.1) is 11.8 Å². The molecule has 0 heterocycles. The van der Waals surface area contributed by atoms with Gasteiger partial charge in [-0.1, -0.05) is 26.7 Å². The van der Waals surface area contributed by atoms with Crippen LogP contribution in [-0.4, -0.2) is 17.6 Å². The van der Waals surface area contributed by atoms with Crippen LogP contribution in [-0.2, 0) is 4.79 Å². The first-order valence-electron chi connectivity index (χ1n) is 5.58. The fourth-order valence-electron chi connectivity index (χ4n) is 1.73. The van der Waals surface area contributed by atoms with Crippen LogP contribution in [0.1, 0.15) is 46.0 Å². The standard InChI is InChI=1S/C11H23NO2/c1-3-9(4-2)8-10(11(13)14)6-5-7-12/h9-10H,3-8,12H2,1-2H3,(H,13,14). The van der Waals surface area contributed by atoms with Gasteiger partial charge in [0.05, 0.1) is 5.92 Å². The van der Waals surface area contributed by atoms with Crippen molar-refractivity contribution in [1.82, 2.24) is 0 Å². The summed E-state index contributed by atoms with van der Waals surface area (Å²) in [6.45, 7) is 4.83. The Balaban J connectivity index is 4.00. The van der Waals surface area contributed by atoms with E-state index in [1.165, 1.54) is 0 Å². The van der Waals surface area contributed by atoms with Crippen LogP contribution in [0.5, 0.6) is 0 Å². The Morgan fingerprint density at radius 1 is 1.36 bits per heavy atom. The number of hydrogen-bond donors (Lipinski definition) is 2. The predicted octanol–water partition coefficient (Wildman–Crippen LogP) is 2.25. The minimum absolute atomic E-state index is 0.191. The van der Waals surface area contributed by atoms with Gasteiger partial charge in [-0.25, -0.2) is 0 Å². The van der Waals surface area contributed by atoms with E-state index in [2.05, 4.69) is 13.8 Å². The maximum Gasteiger partial charge on any atom is 0.306 e. The fourth-order valence-corrected chi connectivity index (χ4v) is 1.73. The number of nitrogens with two attached hydrogens (primary N) is 1. The molecule has 0 amide bonds. The molecule has 14 heavy (non-hydrogen) atoms. The quantitative estimate of drug-likeness (QED) is 0.633. The maximum atomic E-state index is 10.9. The lowest BCUT2D eigenvalue weighted by molar-refractivity contribution is -0.142. The molecule has 0 saturated heterocycles. The Labute approximate surface area is 86.7 Å². The summed E-state index contributed by atoms with van der Waals surface area (Å²) in [5, 5.41) is 9.00. The van der Waals surface area contributed by atoms with E-state index in [4.69, 9.17) is 10.8 Å². The van der Waals surface area contributed by atoms with Gasteiger partial charge in [0.25, 0.3) is 0 Å². The molecular formula is C11H23NO2. The lowest BCUT2D eigenvalue weighted by Gasteiger charge is -2.18. The third kappa shape index (κ3) is 5.22. The highest BCUT2D eigenvalue weighted by Gasteiger charge is 2.20. The van der Waals surface area contributed by atoms with Gasteiger partial charge in [0.15, 0.2) is 0 Å². The summed E-state index contributed by atoms with van der Waals surface area (Å²) in [4.78, 5) is 10.9. The highest BCUT2D eigenvalue weighted by molar-refractivity contribution is 5.69. The molecule has 0 bridgehead atoms. The molecule has 0 aromatic heterocycles. The summed E-state index contributed by atoms with van der Waals surface area (Å²) in [6, 6.07) is 0. The summed E-state index contributed by atoms with van der Waals surface area (Å²) in [6.07, 6.45) is 4.49. The topological polar surface area (TPSA) is 63.3 Å². The van der Waals surface area contributed by atoms with Crippen molar-refractivity contribution in [3.63, 3.8) is 0 Å². The van der Waals surface area contributed by atoms with E-state index in [1.54, 1.807) is 0 Å². The summed E-state index contributed by atoms with van der Waals surface area (Å²) in [5.74, 6) is -0.303. The Kier molecular flexibility index (Phi) is 7.48. The van der Waals surface area contributed by atoms with E-state index in [9.17, 15) is 4.79 Å². The maximum absolute atomic E-state index is 10.9. The first kappa shape index (κ1) is 13.4. The van der Waals surface area contributed by atoms with Gasteiger partial charge in [-0.3, -0.25) is 4.79 Å². The SMILES string of the molecule is CCC(CC)CC(CCCN)C(=O)O. The average molecular weight is 201 g/mol. The molecule has 0 spiro atoms. The van der Waals surface area contributed by atoms with Crippen LogP contribution in [0.25, 0.3) is 0 Å². The highest BCUT2D eigenvalue weighted by Crippen LogP contribution is 2.22. The lowest BCUT2D eigenvalue weighted by Crippen LogP contribution is -2.18. The molecule has 0 aliphatic rings. The summed E-state index contributed by atoms with van der Waals surface area (Å²) < 4.78 is 0. The Hall–Kier alpha value is -0.570. The van der Waals surface area contributed by atoms with Crippen molar-refractivity contribution in [3.8, 4) is 0 Å². The number of carboxylic acid groups (broad SMARTS) is 1.